The number of likely N-dealkylation sites (tertiary alicyclic amines) is 1. The lowest BCUT2D eigenvalue weighted by Gasteiger charge is -2.51. The summed E-state index contributed by atoms with van der Waals surface area (Å²) in [5.74, 6) is 0. The quantitative estimate of drug-likeness (QED) is 0.593. The lowest BCUT2D eigenvalue weighted by atomic mass is 9.82. The number of carbonyl (C=O) groups is 1. The summed E-state index contributed by atoms with van der Waals surface area (Å²) in [4.78, 5) is 18.1. The van der Waals surface area contributed by atoms with E-state index in [0.717, 1.165) is 38.9 Å². The van der Waals surface area contributed by atoms with Crippen molar-refractivity contribution in [3.63, 3.8) is 0 Å². The van der Waals surface area contributed by atoms with Crippen LogP contribution in [0, 0.1) is 0 Å². The molecule has 0 bridgehead atoms. The van der Waals surface area contributed by atoms with E-state index in [1.807, 2.05) is 23.9 Å². The molecular formula is C11H21N3O. The van der Waals surface area contributed by atoms with Gasteiger partial charge in [0.1, 0.15) is 0 Å². The number of carbonyl (C=O) groups excluding carboxylic acids is 1. The number of amides is 2. The minimum absolute atomic E-state index is 0.149. The highest BCUT2D eigenvalue weighted by atomic mass is 16.2. The van der Waals surface area contributed by atoms with Crippen LogP contribution in [-0.4, -0.2) is 67.0 Å². The van der Waals surface area contributed by atoms with Crippen LogP contribution in [0.3, 0.4) is 0 Å². The van der Waals surface area contributed by atoms with Crippen molar-refractivity contribution in [1.29, 1.82) is 0 Å². The molecule has 2 fully saturated rings. The van der Waals surface area contributed by atoms with Gasteiger partial charge in [0.25, 0.3) is 0 Å². The zero-order valence-electron chi connectivity index (χ0n) is 9.99. The summed E-state index contributed by atoms with van der Waals surface area (Å²) in [6, 6.07) is 0.186. The second-order valence-corrected chi connectivity index (χ2v) is 5.04. The fourth-order valence-electron chi connectivity index (χ4n) is 2.72. The molecule has 0 aliphatic carbocycles. The predicted octanol–water partition coefficient (Wildman–Crippen LogP) is 0.838. The molecule has 15 heavy (non-hydrogen) atoms. The van der Waals surface area contributed by atoms with Crippen molar-refractivity contribution < 1.29 is 4.79 Å². The van der Waals surface area contributed by atoms with Gasteiger partial charge in [-0.05, 0) is 26.3 Å². The third-order valence-electron chi connectivity index (χ3n) is 4.16. The van der Waals surface area contributed by atoms with Gasteiger partial charge in [-0.3, -0.25) is 0 Å². The van der Waals surface area contributed by atoms with Crippen LogP contribution in [0.1, 0.15) is 19.3 Å². The molecule has 2 amide bonds. The van der Waals surface area contributed by atoms with Gasteiger partial charge >= 0.3 is 6.03 Å². The summed E-state index contributed by atoms with van der Waals surface area (Å²) in [6.07, 6.45) is 3.37. The largest absolute Gasteiger partial charge is 0.328 e. The zero-order valence-corrected chi connectivity index (χ0v) is 9.99. The molecule has 0 aromatic rings. The standard InChI is InChI=1S/C11H21N3O/c1-12-7-4-11(5-8-12)6-9-13(2)10(15)14(11)3/h4-9H2,1-3H3. The normalized spacial score (nSPS) is 27.5. The second kappa shape index (κ2) is 3.67. The van der Waals surface area contributed by atoms with E-state index in [9.17, 15) is 4.79 Å². The van der Waals surface area contributed by atoms with Gasteiger partial charge in [0.05, 0.1) is 0 Å². The Balaban J connectivity index is 2.11. The SMILES string of the molecule is CN1CCC2(CC1)CCN(C)C(=O)N2C. The number of rotatable bonds is 0. The molecule has 2 saturated heterocycles. The topological polar surface area (TPSA) is 26.8 Å². The number of nitrogens with zero attached hydrogens (tertiary/aromatic N) is 3. The minimum atomic E-state index is 0.149. The van der Waals surface area contributed by atoms with Gasteiger partial charge in [-0.1, -0.05) is 0 Å². The molecule has 0 unspecified atom stereocenters. The predicted molar refractivity (Wildman–Crippen MR) is 59.9 cm³/mol. The van der Waals surface area contributed by atoms with Crippen molar-refractivity contribution in [3.05, 3.63) is 0 Å². The molecule has 4 nitrogen and oxygen atoms in total. The highest BCUT2D eigenvalue weighted by Crippen LogP contribution is 2.34. The molecule has 2 rings (SSSR count). The Hall–Kier alpha value is -0.770. The van der Waals surface area contributed by atoms with Crippen molar-refractivity contribution in [2.24, 2.45) is 0 Å². The van der Waals surface area contributed by atoms with Crippen LogP contribution in [0.15, 0.2) is 0 Å². The Kier molecular flexibility index (Phi) is 2.63. The van der Waals surface area contributed by atoms with Gasteiger partial charge in [0, 0.05) is 39.3 Å². The number of hydrogen-bond donors (Lipinski definition) is 0. The smallest absolute Gasteiger partial charge is 0.319 e. The summed E-state index contributed by atoms with van der Waals surface area (Å²) in [5, 5.41) is 0. The fraction of sp³-hybridized carbons (Fsp3) is 0.909. The first kappa shape index (κ1) is 10.7. The maximum Gasteiger partial charge on any atom is 0.319 e. The highest BCUT2D eigenvalue weighted by molar-refractivity contribution is 5.75. The number of urea groups is 1. The first-order valence-corrected chi connectivity index (χ1v) is 5.73. The van der Waals surface area contributed by atoms with E-state index >= 15 is 0 Å². The van der Waals surface area contributed by atoms with Gasteiger partial charge in [0.15, 0.2) is 0 Å². The monoisotopic (exact) mass is 211 g/mol. The minimum Gasteiger partial charge on any atom is -0.328 e. The average molecular weight is 211 g/mol. The summed E-state index contributed by atoms with van der Waals surface area (Å²) >= 11 is 0. The lowest BCUT2D eigenvalue weighted by molar-refractivity contribution is 0.0219. The van der Waals surface area contributed by atoms with Gasteiger partial charge in [-0.25, -0.2) is 4.79 Å². The highest BCUT2D eigenvalue weighted by Gasteiger charge is 2.43. The van der Waals surface area contributed by atoms with Gasteiger partial charge < -0.3 is 14.7 Å². The summed E-state index contributed by atoms with van der Waals surface area (Å²) < 4.78 is 0. The van der Waals surface area contributed by atoms with Crippen LogP contribution in [0.5, 0.6) is 0 Å². The molecule has 2 heterocycles. The Morgan fingerprint density at radius 3 is 2.13 bits per heavy atom. The molecule has 0 radical (unpaired) electrons. The molecule has 0 aromatic heterocycles. The van der Waals surface area contributed by atoms with Crippen molar-refractivity contribution >= 4 is 6.03 Å². The van der Waals surface area contributed by atoms with Crippen LogP contribution in [-0.2, 0) is 0 Å². The average Bonchev–Trinajstić information content (AvgIpc) is 2.25. The van der Waals surface area contributed by atoms with Crippen LogP contribution in [0.25, 0.3) is 0 Å². The summed E-state index contributed by atoms with van der Waals surface area (Å²) in [7, 11) is 6.01. The number of hydrogen-bond acceptors (Lipinski definition) is 2. The first-order chi connectivity index (χ1) is 7.05. The summed E-state index contributed by atoms with van der Waals surface area (Å²) in [6.45, 7) is 3.13. The fourth-order valence-corrected chi connectivity index (χ4v) is 2.72. The third kappa shape index (κ3) is 1.71. The Labute approximate surface area is 91.8 Å². The number of piperidine rings is 1. The van der Waals surface area contributed by atoms with Gasteiger partial charge in [0.2, 0.25) is 0 Å². The van der Waals surface area contributed by atoms with Crippen molar-refractivity contribution in [2.45, 2.75) is 24.8 Å². The van der Waals surface area contributed by atoms with E-state index in [2.05, 4.69) is 11.9 Å². The van der Waals surface area contributed by atoms with Crippen molar-refractivity contribution in [1.82, 2.24) is 14.7 Å². The van der Waals surface area contributed by atoms with E-state index in [1.54, 1.807) is 0 Å². The lowest BCUT2D eigenvalue weighted by Crippen LogP contribution is -2.62. The zero-order chi connectivity index (χ0) is 11.1. The maximum atomic E-state index is 11.9. The van der Waals surface area contributed by atoms with E-state index in [4.69, 9.17) is 0 Å². The van der Waals surface area contributed by atoms with Gasteiger partial charge in [-0.2, -0.15) is 0 Å². The third-order valence-corrected chi connectivity index (χ3v) is 4.16. The Bertz CT molecular complexity index is 253. The Morgan fingerprint density at radius 1 is 1.00 bits per heavy atom. The molecule has 0 N–H and O–H groups in total. The molecule has 2 aliphatic heterocycles. The molecule has 4 heteroatoms. The maximum absolute atomic E-state index is 11.9. The van der Waals surface area contributed by atoms with Crippen molar-refractivity contribution in [2.75, 3.05) is 40.8 Å². The molecular weight excluding hydrogens is 190 g/mol. The van der Waals surface area contributed by atoms with Gasteiger partial charge in [-0.15, -0.1) is 0 Å². The first-order valence-electron chi connectivity index (χ1n) is 5.73. The van der Waals surface area contributed by atoms with E-state index in [-0.39, 0.29) is 11.6 Å². The molecule has 1 spiro atoms. The molecule has 86 valence electrons. The molecule has 0 aromatic carbocycles. The van der Waals surface area contributed by atoms with Crippen LogP contribution < -0.4 is 0 Å². The van der Waals surface area contributed by atoms with E-state index in [0.29, 0.717) is 0 Å². The molecule has 0 saturated carbocycles. The van der Waals surface area contributed by atoms with E-state index in [1.165, 1.54) is 0 Å². The Morgan fingerprint density at radius 2 is 1.53 bits per heavy atom. The summed E-state index contributed by atoms with van der Waals surface area (Å²) in [5.41, 5.74) is 0.149. The van der Waals surface area contributed by atoms with Crippen LogP contribution in [0.4, 0.5) is 4.79 Å². The second-order valence-electron chi connectivity index (χ2n) is 5.04. The molecule has 0 atom stereocenters. The van der Waals surface area contributed by atoms with Crippen LogP contribution >= 0.6 is 0 Å². The molecule has 2 aliphatic rings. The van der Waals surface area contributed by atoms with Crippen molar-refractivity contribution in [3.8, 4) is 0 Å². The van der Waals surface area contributed by atoms with E-state index < -0.39 is 0 Å². The van der Waals surface area contributed by atoms with Crippen LogP contribution in [0.2, 0.25) is 0 Å².